The molecule has 1 aliphatic rings. The van der Waals surface area contributed by atoms with Crippen LogP contribution < -0.4 is 4.90 Å². The molecule has 0 bridgehead atoms. The second-order valence-corrected chi connectivity index (χ2v) is 7.23. The van der Waals surface area contributed by atoms with E-state index >= 15 is 0 Å². The minimum atomic E-state index is -4.66. The number of hydrogen-bond acceptors (Lipinski definition) is 3. The van der Waals surface area contributed by atoms with E-state index < -0.39 is 29.9 Å². The predicted octanol–water partition coefficient (Wildman–Crippen LogP) is 4.96. The molecular formula is C21H18F4N4O. The predicted molar refractivity (Wildman–Crippen MR) is 103 cm³/mol. The van der Waals surface area contributed by atoms with Crippen molar-refractivity contribution in [3.63, 3.8) is 0 Å². The van der Waals surface area contributed by atoms with Crippen molar-refractivity contribution in [2.45, 2.75) is 32.7 Å². The van der Waals surface area contributed by atoms with Crippen LogP contribution in [0.25, 0.3) is 11.1 Å². The SMILES string of the molecule is Cc1ncccc1-c1cnn2c1C(=O)N(c1ccc(C(F)(F)F)c(CF)c1)C[C@@H]2C. The van der Waals surface area contributed by atoms with Crippen molar-refractivity contribution in [3.05, 3.63) is 65.2 Å². The summed E-state index contributed by atoms with van der Waals surface area (Å²) in [4.78, 5) is 19.0. The van der Waals surface area contributed by atoms with Crippen LogP contribution in [0.5, 0.6) is 0 Å². The van der Waals surface area contributed by atoms with Gasteiger partial charge >= 0.3 is 6.18 Å². The van der Waals surface area contributed by atoms with Gasteiger partial charge in [0.25, 0.3) is 5.91 Å². The van der Waals surface area contributed by atoms with Crippen LogP contribution in [-0.4, -0.2) is 27.2 Å². The number of fused-ring (bicyclic) bond motifs is 1. The third-order valence-electron chi connectivity index (χ3n) is 5.25. The molecule has 0 spiro atoms. The van der Waals surface area contributed by atoms with Crippen LogP contribution in [0, 0.1) is 6.92 Å². The molecule has 0 aliphatic carbocycles. The zero-order valence-electron chi connectivity index (χ0n) is 16.2. The molecule has 3 aromatic rings. The summed E-state index contributed by atoms with van der Waals surface area (Å²) in [5.41, 5.74) is 1.07. The van der Waals surface area contributed by atoms with Gasteiger partial charge in [-0.3, -0.25) is 14.5 Å². The number of anilines is 1. The third kappa shape index (κ3) is 3.24. The van der Waals surface area contributed by atoms with Crippen molar-refractivity contribution in [3.8, 4) is 11.1 Å². The van der Waals surface area contributed by atoms with Crippen molar-refractivity contribution in [1.29, 1.82) is 0 Å². The van der Waals surface area contributed by atoms with Gasteiger partial charge in [-0.1, -0.05) is 6.07 Å². The van der Waals surface area contributed by atoms with Gasteiger partial charge in [0.1, 0.15) is 12.4 Å². The van der Waals surface area contributed by atoms with Crippen molar-refractivity contribution in [1.82, 2.24) is 14.8 Å². The largest absolute Gasteiger partial charge is 0.416 e. The van der Waals surface area contributed by atoms with E-state index in [1.54, 1.807) is 23.1 Å². The summed E-state index contributed by atoms with van der Waals surface area (Å²) >= 11 is 0. The minimum absolute atomic E-state index is 0.204. The van der Waals surface area contributed by atoms with E-state index in [9.17, 15) is 22.4 Å². The highest BCUT2D eigenvalue weighted by atomic mass is 19.4. The first-order valence-electron chi connectivity index (χ1n) is 9.29. The van der Waals surface area contributed by atoms with Gasteiger partial charge in [0.05, 0.1) is 17.8 Å². The molecule has 30 heavy (non-hydrogen) atoms. The molecule has 1 aliphatic heterocycles. The Kier molecular flexibility index (Phi) is 4.83. The maximum atomic E-state index is 13.3. The average molecular weight is 418 g/mol. The number of carbonyl (C=O) groups excluding carboxylic acids is 1. The molecular weight excluding hydrogens is 400 g/mol. The van der Waals surface area contributed by atoms with Crippen LogP contribution in [0.2, 0.25) is 0 Å². The highest BCUT2D eigenvalue weighted by molar-refractivity contribution is 6.10. The first kappa shape index (κ1) is 20.1. The molecule has 4 rings (SSSR count). The molecule has 0 saturated carbocycles. The number of nitrogens with zero attached hydrogens (tertiary/aromatic N) is 4. The van der Waals surface area contributed by atoms with E-state index in [0.717, 1.165) is 23.4 Å². The average Bonchev–Trinajstić information content (AvgIpc) is 3.15. The van der Waals surface area contributed by atoms with Crippen LogP contribution >= 0.6 is 0 Å². The molecule has 0 N–H and O–H groups in total. The molecule has 1 amide bonds. The summed E-state index contributed by atoms with van der Waals surface area (Å²) in [5.74, 6) is -0.409. The Hall–Kier alpha value is -3.23. The van der Waals surface area contributed by atoms with Crippen LogP contribution in [0.15, 0.2) is 42.7 Å². The van der Waals surface area contributed by atoms with Crippen LogP contribution in [0.4, 0.5) is 23.2 Å². The Morgan fingerprint density at radius 2 is 1.97 bits per heavy atom. The second-order valence-electron chi connectivity index (χ2n) is 7.23. The Bertz CT molecular complexity index is 1120. The Balaban J connectivity index is 1.80. The normalized spacial score (nSPS) is 16.7. The van der Waals surface area contributed by atoms with Crippen molar-refractivity contribution < 1.29 is 22.4 Å². The summed E-state index contributed by atoms with van der Waals surface area (Å²) in [6, 6.07) is 6.47. The lowest BCUT2D eigenvalue weighted by molar-refractivity contribution is -0.138. The van der Waals surface area contributed by atoms with E-state index in [4.69, 9.17) is 0 Å². The number of hydrogen-bond donors (Lipinski definition) is 0. The zero-order valence-corrected chi connectivity index (χ0v) is 16.2. The van der Waals surface area contributed by atoms with Crippen LogP contribution in [-0.2, 0) is 12.9 Å². The van der Waals surface area contributed by atoms with Gasteiger partial charge in [0, 0.05) is 35.2 Å². The molecule has 1 atom stereocenters. The number of rotatable bonds is 3. The van der Waals surface area contributed by atoms with Gasteiger partial charge < -0.3 is 4.90 Å². The van der Waals surface area contributed by atoms with Gasteiger partial charge in [0.2, 0.25) is 0 Å². The number of amides is 1. The molecule has 3 heterocycles. The van der Waals surface area contributed by atoms with Crippen LogP contribution in [0.1, 0.15) is 40.3 Å². The summed E-state index contributed by atoms with van der Waals surface area (Å²) in [6.45, 7) is 2.60. The lowest BCUT2D eigenvalue weighted by atomic mass is 10.0. The number of aryl methyl sites for hydroxylation is 1. The first-order chi connectivity index (χ1) is 14.2. The molecule has 0 saturated heterocycles. The molecule has 0 unspecified atom stereocenters. The second kappa shape index (κ2) is 7.23. The lowest BCUT2D eigenvalue weighted by Crippen LogP contribution is -2.43. The number of halogens is 4. The van der Waals surface area contributed by atoms with Gasteiger partial charge in [-0.15, -0.1) is 0 Å². The number of carbonyl (C=O) groups is 1. The highest BCUT2D eigenvalue weighted by Crippen LogP contribution is 2.37. The Labute approximate surface area is 170 Å². The van der Waals surface area contributed by atoms with E-state index in [2.05, 4.69) is 10.1 Å². The summed E-state index contributed by atoms with van der Waals surface area (Å²) < 4.78 is 54.3. The molecule has 0 radical (unpaired) electrons. The standard InChI is InChI=1S/C21H18F4N4O/c1-12-11-28(15-5-6-18(21(23,24)25)14(8-15)9-22)20(30)19-17(10-27-29(12)19)16-4-3-7-26-13(16)2/h3-8,10,12H,9,11H2,1-2H3/t12-/m0/s1. The fraction of sp³-hybridized carbons (Fsp3) is 0.286. The summed E-state index contributed by atoms with van der Waals surface area (Å²) in [7, 11) is 0. The fourth-order valence-electron chi connectivity index (χ4n) is 3.79. The maximum Gasteiger partial charge on any atom is 0.416 e. The topological polar surface area (TPSA) is 51.0 Å². The van der Waals surface area contributed by atoms with Crippen molar-refractivity contribution >= 4 is 11.6 Å². The minimum Gasteiger partial charge on any atom is -0.305 e. The molecule has 156 valence electrons. The third-order valence-corrected chi connectivity index (χ3v) is 5.25. The lowest BCUT2D eigenvalue weighted by Gasteiger charge is -2.33. The number of pyridine rings is 1. The number of aromatic nitrogens is 3. The van der Waals surface area contributed by atoms with Gasteiger partial charge in [-0.25, -0.2) is 4.39 Å². The number of benzene rings is 1. The highest BCUT2D eigenvalue weighted by Gasteiger charge is 2.36. The van der Waals surface area contributed by atoms with E-state index in [0.29, 0.717) is 11.3 Å². The van der Waals surface area contributed by atoms with Gasteiger partial charge in [-0.05, 0) is 43.7 Å². The Morgan fingerprint density at radius 3 is 2.63 bits per heavy atom. The van der Waals surface area contributed by atoms with Crippen molar-refractivity contribution in [2.75, 3.05) is 11.4 Å². The van der Waals surface area contributed by atoms with Gasteiger partial charge in [-0.2, -0.15) is 18.3 Å². The quantitative estimate of drug-likeness (QED) is 0.565. The monoisotopic (exact) mass is 418 g/mol. The smallest absolute Gasteiger partial charge is 0.305 e. The molecule has 9 heteroatoms. The fourth-order valence-corrected chi connectivity index (χ4v) is 3.79. The van der Waals surface area contributed by atoms with Crippen molar-refractivity contribution in [2.24, 2.45) is 0 Å². The molecule has 2 aromatic heterocycles. The summed E-state index contributed by atoms with van der Waals surface area (Å²) in [6.07, 6.45) is -1.42. The van der Waals surface area contributed by atoms with Crippen LogP contribution in [0.3, 0.4) is 0 Å². The molecule has 1 aromatic carbocycles. The van der Waals surface area contributed by atoms with E-state index in [-0.39, 0.29) is 18.3 Å². The van der Waals surface area contributed by atoms with Gasteiger partial charge in [0.15, 0.2) is 0 Å². The number of alkyl halides is 4. The molecule has 0 fully saturated rings. The molecule has 5 nitrogen and oxygen atoms in total. The maximum absolute atomic E-state index is 13.3. The zero-order chi connectivity index (χ0) is 21.6. The van der Waals surface area contributed by atoms with E-state index in [1.807, 2.05) is 19.9 Å². The Morgan fingerprint density at radius 1 is 1.20 bits per heavy atom. The first-order valence-corrected chi connectivity index (χ1v) is 9.29. The van der Waals surface area contributed by atoms with E-state index in [1.165, 1.54) is 11.0 Å². The summed E-state index contributed by atoms with van der Waals surface area (Å²) in [5, 5.41) is 4.35.